The van der Waals surface area contributed by atoms with Gasteiger partial charge in [-0.3, -0.25) is 10.1 Å². The molecule has 2 heterocycles. The van der Waals surface area contributed by atoms with Crippen LogP contribution in [-0.2, 0) is 17.1 Å². The van der Waals surface area contributed by atoms with E-state index in [2.05, 4.69) is 17.4 Å². The van der Waals surface area contributed by atoms with Crippen molar-refractivity contribution in [1.29, 1.82) is 0 Å². The molecule has 0 spiro atoms. The normalized spacial score (nSPS) is 21.4. The predicted octanol–water partition coefficient (Wildman–Crippen LogP) is 3.32. The van der Waals surface area contributed by atoms with E-state index in [1.165, 1.54) is 10.5 Å². The molecule has 3 amide bonds. The Morgan fingerprint density at radius 2 is 1.79 bits per heavy atom. The molecule has 1 saturated heterocycles. The topological polar surface area (TPSA) is 65.0 Å². The van der Waals surface area contributed by atoms with Crippen LogP contribution in [0.4, 0.5) is 4.79 Å². The standard InChI is InChI=1S/C20H19ClN4O2S/c1-24-17-16(18(26)23-19(24)27)25(11-13-7-9-15(21)10-8-13)20(22-17)28-12-14-5-3-2-4-6-14/h2-10,16-17H,11-12H2,1H3,(H,23,26,27). The van der Waals surface area contributed by atoms with Crippen LogP contribution in [0, 0.1) is 0 Å². The molecule has 0 aromatic heterocycles. The van der Waals surface area contributed by atoms with E-state index in [1.807, 2.05) is 47.4 Å². The number of thioether (sulfide) groups is 1. The van der Waals surface area contributed by atoms with Gasteiger partial charge in [0, 0.05) is 24.4 Å². The van der Waals surface area contributed by atoms with Crippen LogP contribution in [0.5, 0.6) is 0 Å². The van der Waals surface area contributed by atoms with Crippen molar-refractivity contribution in [3.05, 3.63) is 70.7 Å². The van der Waals surface area contributed by atoms with Crippen molar-refractivity contribution in [1.82, 2.24) is 15.1 Å². The highest BCUT2D eigenvalue weighted by Gasteiger charge is 2.48. The summed E-state index contributed by atoms with van der Waals surface area (Å²) in [6.07, 6.45) is -0.521. The highest BCUT2D eigenvalue weighted by molar-refractivity contribution is 8.13. The first-order valence-corrected chi connectivity index (χ1v) is 10.2. The van der Waals surface area contributed by atoms with Crippen molar-refractivity contribution in [3.8, 4) is 0 Å². The van der Waals surface area contributed by atoms with Crippen LogP contribution in [0.25, 0.3) is 0 Å². The summed E-state index contributed by atoms with van der Waals surface area (Å²) in [6, 6.07) is 16.7. The zero-order valence-electron chi connectivity index (χ0n) is 15.2. The monoisotopic (exact) mass is 414 g/mol. The lowest BCUT2D eigenvalue weighted by atomic mass is 10.1. The number of urea groups is 1. The summed E-state index contributed by atoms with van der Waals surface area (Å²) in [5, 5.41) is 3.84. The largest absolute Gasteiger partial charge is 0.331 e. The van der Waals surface area contributed by atoms with Gasteiger partial charge in [0.15, 0.2) is 17.4 Å². The highest BCUT2D eigenvalue weighted by Crippen LogP contribution is 2.31. The summed E-state index contributed by atoms with van der Waals surface area (Å²) < 4.78 is 0. The number of hydrogen-bond acceptors (Lipinski definition) is 5. The van der Waals surface area contributed by atoms with Crippen molar-refractivity contribution >= 4 is 40.5 Å². The lowest BCUT2D eigenvalue weighted by molar-refractivity contribution is -0.127. The molecule has 2 unspecified atom stereocenters. The number of fused-ring (bicyclic) bond motifs is 1. The molecule has 0 saturated carbocycles. The van der Waals surface area contributed by atoms with Crippen LogP contribution >= 0.6 is 23.4 Å². The fourth-order valence-electron chi connectivity index (χ4n) is 3.30. The van der Waals surface area contributed by atoms with Gasteiger partial charge >= 0.3 is 6.03 Å². The summed E-state index contributed by atoms with van der Waals surface area (Å²) >= 11 is 7.56. The molecule has 1 N–H and O–H groups in total. The Hall–Kier alpha value is -2.51. The van der Waals surface area contributed by atoms with Crippen molar-refractivity contribution in [2.45, 2.75) is 24.5 Å². The van der Waals surface area contributed by atoms with Gasteiger partial charge < -0.3 is 9.80 Å². The minimum atomic E-state index is -0.545. The molecule has 28 heavy (non-hydrogen) atoms. The zero-order chi connectivity index (χ0) is 19.7. The number of likely N-dealkylation sites (N-methyl/N-ethyl adjacent to an activating group) is 1. The maximum atomic E-state index is 12.6. The van der Waals surface area contributed by atoms with Crippen LogP contribution in [0.2, 0.25) is 5.02 Å². The van der Waals surface area contributed by atoms with Crippen LogP contribution in [0.1, 0.15) is 11.1 Å². The quantitative estimate of drug-likeness (QED) is 0.833. The Morgan fingerprint density at radius 1 is 1.07 bits per heavy atom. The fraction of sp³-hybridized carbons (Fsp3) is 0.250. The molecule has 2 aliphatic rings. The number of aliphatic imine (C=N–C) groups is 1. The molecule has 0 radical (unpaired) electrons. The number of hydrogen-bond donors (Lipinski definition) is 1. The van der Waals surface area contributed by atoms with Crippen LogP contribution in [0.15, 0.2) is 59.6 Å². The zero-order valence-corrected chi connectivity index (χ0v) is 16.8. The van der Waals surface area contributed by atoms with Crippen LogP contribution < -0.4 is 5.32 Å². The van der Waals surface area contributed by atoms with E-state index >= 15 is 0 Å². The van der Waals surface area contributed by atoms with Crippen molar-refractivity contribution < 1.29 is 9.59 Å². The van der Waals surface area contributed by atoms with E-state index in [-0.39, 0.29) is 5.91 Å². The van der Waals surface area contributed by atoms with E-state index in [9.17, 15) is 9.59 Å². The Morgan fingerprint density at radius 3 is 2.50 bits per heavy atom. The number of halogens is 1. The van der Waals surface area contributed by atoms with Gasteiger partial charge in [0.05, 0.1) is 0 Å². The number of nitrogens with one attached hydrogen (secondary N) is 1. The Labute approximate surface area is 172 Å². The van der Waals surface area contributed by atoms with Gasteiger partial charge in [0.25, 0.3) is 5.91 Å². The first kappa shape index (κ1) is 18.8. The third-order valence-electron chi connectivity index (χ3n) is 4.80. The number of amides is 3. The van der Waals surface area contributed by atoms with Crippen LogP contribution in [-0.4, -0.2) is 46.2 Å². The second-order valence-corrected chi connectivity index (χ2v) is 8.08. The SMILES string of the molecule is CN1C(=O)NC(=O)C2C1N=C(SCc1ccccc1)N2Cc1ccc(Cl)cc1. The molecule has 2 atom stereocenters. The number of carbonyl (C=O) groups is 2. The smallest absolute Gasteiger partial charge is 0.325 e. The Balaban J connectivity index is 1.60. The van der Waals surface area contributed by atoms with E-state index in [1.54, 1.807) is 18.8 Å². The molecule has 144 valence electrons. The predicted molar refractivity (Wildman–Crippen MR) is 111 cm³/mol. The number of imide groups is 1. The van der Waals surface area contributed by atoms with E-state index in [0.29, 0.717) is 11.6 Å². The van der Waals surface area contributed by atoms with Gasteiger partial charge in [-0.25, -0.2) is 9.79 Å². The number of rotatable bonds is 4. The molecule has 2 aromatic rings. The Bertz CT molecular complexity index is 920. The minimum Gasteiger partial charge on any atom is -0.331 e. The van der Waals surface area contributed by atoms with Crippen molar-refractivity contribution in [3.63, 3.8) is 0 Å². The van der Waals surface area contributed by atoms with Crippen molar-refractivity contribution in [2.75, 3.05) is 7.05 Å². The molecule has 6 nitrogen and oxygen atoms in total. The average molecular weight is 415 g/mol. The summed E-state index contributed by atoms with van der Waals surface area (Å²) in [4.78, 5) is 32.8. The number of amidine groups is 1. The maximum absolute atomic E-state index is 12.6. The molecular weight excluding hydrogens is 396 g/mol. The molecule has 2 aliphatic heterocycles. The van der Waals surface area contributed by atoms with Crippen molar-refractivity contribution in [2.24, 2.45) is 4.99 Å². The summed E-state index contributed by atoms with van der Waals surface area (Å²) in [7, 11) is 1.66. The van der Waals surface area contributed by atoms with Gasteiger partial charge in [-0.15, -0.1) is 0 Å². The number of carbonyl (C=O) groups excluding carboxylic acids is 2. The summed E-state index contributed by atoms with van der Waals surface area (Å²) in [5.74, 6) is 0.413. The Kier molecular flexibility index (Phi) is 5.28. The molecule has 4 rings (SSSR count). The van der Waals surface area contributed by atoms with E-state index < -0.39 is 18.2 Å². The number of benzene rings is 2. The molecule has 0 aliphatic carbocycles. The lowest BCUT2D eigenvalue weighted by Gasteiger charge is -2.36. The van der Waals surface area contributed by atoms with Crippen LogP contribution in [0.3, 0.4) is 0 Å². The molecule has 2 aromatic carbocycles. The number of nitrogens with zero attached hydrogens (tertiary/aromatic N) is 3. The first-order chi connectivity index (χ1) is 13.5. The molecular formula is C20H19ClN4O2S. The third kappa shape index (κ3) is 3.72. The summed E-state index contributed by atoms with van der Waals surface area (Å²) in [6.45, 7) is 0.508. The second kappa shape index (κ2) is 7.85. The van der Waals surface area contributed by atoms with Gasteiger partial charge in [-0.05, 0) is 23.3 Å². The van der Waals surface area contributed by atoms with Gasteiger partial charge in [0.2, 0.25) is 0 Å². The van der Waals surface area contributed by atoms with Gasteiger partial charge in [-0.1, -0.05) is 65.8 Å². The average Bonchev–Trinajstić information content (AvgIpc) is 3.06. The molecule has 0 bridgehead atoms. The lowest BCUT2D eigenvalue weighted by Crippen LogP contribution is -2.63. The fourth-order valence-corrected chi connectivity index (χ4v) is 4.44. The first-order valence-electron chi connectivity index (χ1n) is 8.86. The maximum Gasteiger partial charge on any atom is 0.325 e. The minimum absolute atomic E-state index is 0.318. The van der Waals surface area contributed by atoms with Gasteiger partial charge in [-0.2, -0.15) is 0 Å². The highest BCUT2D eigenvalue weighted by atomic mass is 35.5. The van der Waals surface area contributed by atoms with Gasteiger partial charge in [0.1, 0.15) is 0 Å². The second-order valence-electron chi connectivity index (χ2n) is 6.70. The molecule has 1 fully saturated rings. The van der Waals surface area contributed by atoms with E-state index in [4.69, 9.17) is 16.6 Å². The van der Waals surface area contributed by atoms with E-state index in [0.717, 1.165) is 16.5 Å². The third-order valence-corrected chi connectivity index (χ3v) is 6.13. The summed E-state index contributed by atoms with van der Waals surface area (Å²) in [5.41, 5.74) is 2.19. The molecule has 8 heteroatoms.